The van der Waals surface area contributed by atoms with Crippen molar-refractivity contribution in [1.29, 1.82) is 0 Å². The van der Waals surface area contributed by atoms with Crippen LogP contribution in [0.3, 0.4) is 0 Å². The van der Waals surface area contributed by atoms with Gasteiger partial charge in [0.05, 0.1) is 4.70 Å². The molecule has 1 aromatic heterocycles. The Hall–Kier alpha value is -1.99. The minimum absolute atomic E-state index is 0.127. The van der Waals surface area contributed by atoms with Gasteiger partial charge in [-0.25, -0.2) is 0 Å². The van der Waals surface area contributed by atoms with Crippen LogP contribution in [-0.2, 0) is 9.59 Å². The number of rotatable bonds is 5. The number of benzene rings is 1. The number of nitrogens with zero attached hydrogens (tertiary/aromatic N) is 4. The molecule has 3 saturated carbocycles. The van der Waals surface area contributed by atoms with Gasteiger partial charge in [0.2, 0.25) is 11.8 Å². The van der Waals surface area contributed by atoms with Crippen LogP contribution in [0.5, 0.6) is 0 Å². The molecule has 2 saturated heterocycles. The van der Waals surface area contributed by atoms with E-state index in [-0.39, 0.29) is 17.7 Å². The molecule has 3 heterocycles. The van der Waals surface area contributed by atoms with E-state index in [0.29, 0.717) is 42.6 Å². The largest absolute Gasteiger partial charge is 0.353 e. The maximum atomic E-state index is 13.5. The lowest BCUT2D eigenvalue weighted by Crippen LogP contribution is -2.54. The molecule has 0 spiro atoms. The predicted octanol–water partition coefficient (Wildman–Crippen LogP) is 4.65. The molecule has 5 aliphatic rings. The minimum atomic E-state index is 0.127. The summed E-state index contributed by atoms with van der Waals surface area (Å²) >= 11 is 1.60. The summed E-state index contributed by atoms with van der Waals surface area (Å²) in [4.78, 5) is 33.4. The quantitative estimate of drug-likeness (QED) is 0.553. The van der Waals surface area contributed by atoms with E-state index in [1.165, 1.54) is 48.6 Å². The monoisotopic (exact) mass is 506 g/mol. The van der Waals surface area contributed by atoms with Crippen molar-refractivity contribution in [2.45, 2.75) is 51.4 Å². The van der Waals surface area contributed by atoms with E-state index in [4.69, 9.17) is 4.37 Å². The summed E-state index contributed by atoms with van der Waals surface area (Å²) < 4.78 is 6.03. The molecule has 6 nitrogen and oxygen atoms in total. The number of piperazine rings is 1. The van der Waals surface area contributed by atoms with E-state index in [9.17, 15) is 9.59 Å². The van der Waals surface area contributed by atoms with Crippen molar-refractivity contribution < 1.29 is 9.59 Å². The molecular weight excluding hydrogens is 468 g/mol. The Bertz CT molecular complexity index is 1140. The van der Waals surface area contributed by atoms with Gasteiger partial charge in [-0.05, 0) is 85.4 Å². The van der Waals surface area contributed by atoms with E-state index in [2.05, 4.69) is 34.1 Å². The van der Waals surface area contributed by atoms with Crippen LogP contribution < -0.4 is 4.90 Å². The summed E-state index contributed by atoms with van der Waals surface area (Å²) in [6.45, 7) is 5.92. The van der Waals surface area contributed by atoms with Crippen molar-refractivity contribution in [3.05, 3.63) is 24.3 Å². The number of amides is 2. The maximum absolute atomic E-state index is 13.5. The SMILES string of the molecule is O=C1CC2C3CCC(C3)C2C(=O)N1CC1CCCCC1CN1CCN(c2nsc3ccccc23)CC1. The Morgan fingerprint density at radius 2 is 1.64 bits per heavy atom. The Morgan fingerprint density at radius 1 is 0.889 bits per heavy atom. The summed E-state index contributed by atoms with van der Waals surface area (Å²) in [6.07, 6.45) is 9.17. The average Bonchev–Trinajstić information content (AvgIpc) is 3.63. The van der Waals surface area contributed by atoms with Crippen LogP contribution >= 0.6 is 11.5 Å². The zero-order valence-electron chi connectivity index (χ0n) is 21.2. The Morgan fingerprint density at radius 3 is 2.47 bits per heavy atom. The third-order valence-corrected chi connectivity index (χ3v) is 11.2. The third kappa shape index (κ3) is 3.97. The number of hydrogen-bond donors (Lipinski definition) is 0. The highest BCUT2D eigenvalue weighted by molar-refractivity contribution is 7.13. The number of anilines is 1. The van der Waals surface area contributed by atoms with Crippen LogP contribution in [0.1, 0.15) is 51.4 Å². The number of aromatic nitrogens is 1. The van der Waals surface area contributed by atoms with Crippen LogP contribution in [0.25, 0.3) is 10.1 Å². The van der Waals surface area contributed by atoms with E-state index < -0.39 is 0 Å². The lowest BCUT2D eigenvalue weighted by Gasteiger charge is -2.43. The Labute approximate surface area is 218 Å². The first kappa shape index (κ1) is 23.2. The molecule has 2 aromatic rings. The van der Waals surface area contributed by atoms with Crippen molar-refractivity contribution in [2.24, 2.45) is 35.5 Å². The van der Waals surface area contributed by atoms with Crippen LogP contribution in [0, 0.1) is 35.5 Å². The molecule has 2 aliphatic heterocycles. The predicted molar refractivity (Wildman–Crippen MR) is 143 cm³/mol. The van der Waals surface area contributed by atoms with E-state index >= 15 is 0 Å². The first-order valence-electron chi connectivity index (χ1n) is 14.3. The number of fused-ring (bicyclic) bond motifs is 6. The van der Waals surface area contributed by atoms with Crippen molar-refractivity contribution in [3.63, 3.8) is 0 Å². The summed E-state index contributed by atoms with van der Waals surface area (Å²) in [5.74, 6) is 4.21. The number of carbonyl (C=O) groups excluding carboxylic acids is 2. The molecule has 36 heavy (non-hydrogen) atoms. The molecular formula is C29H38N4O2S. The van der Waals surface area contributed by atoms with Crippen LogP contribution in [-0.4, -0.2) is 65.3 Å². The fourth-order valence-electron chi connectivity index (χ4n) is 8.47. The van der Waals surface area contributed by atoms with E-state index in [1.807, 2.05) is 0 Å². The molecule has 192 valence electrons. The Balaban J connectivity index is 0.983. The second-order valence-corrected chi connectivity index (χ2v) is 13.0. The van der Waals surface area contributed by atoms with Gasteiger partial charge in [-0.2, -0.15) is 4.37 Å². The molecule has 1 aromatic carbocycles. The lowest BCUT2D eigenvalue weighted by atomic mass is 9.73. The van der Waals surface area contributed by atoms with Crippen molar-refractivity contribution in [2.75, 3.05) is 44.2 Å². The summed E-state index contributed by atoms with van der Waals surface area (Å²) in [7, 11) is 0. The smallest absolute Gasteiger partial charge is 0.232 e. The van der Waals surface area contributed by atoms with Gasteiger partial charge in [0.25, 0.3) is 0 Å². The van der Waals surface area contributed by atoms with Crippen LogP contribution in [0.4, 0.5) is 5.82 Å². The van der Waals surface area contributed by atoms with Gasteiger partial charge in [-0.15, -0.1) is 0 Å². The normalized spacial score (nSPS) is 35.1. The highest BCUT2D eigenvalue weighted by Gasteiger charge is 2.56. The second kappa shape index (κ2) is 9.39. The molecule has 2 bridgehead atoms. The Kier molecular flexibility index (Phi) is 6.04. The van der Waals surface area contributed by atoms with Gasteiger partial charge in [0, 0.05) is 57.0 Å². The number of carbonyl (C=O) groups is 2. The first-order chi connectivity index (χ1) is 17.7. The van der Waals surface area contributed by atoms with Gasteiger partial charge in [-0.1, -0.05) is 25.0 Å². The summed E-state index contributed by atoms with van der Waals surface area (Å²) in [6, 6.07) is 8.54. The lowest BCUT2D eigenvalue weighted by molar-refractivity contribution is -0.158. The zero-order valence-corrected chi connectivity index (χ0v) is 22.0. The molecule has 0 radical (unpaired) electrons. The third-order valence-electron chi connectivity index (χ3n) is 10.4. The maximum Gasteiger partial charge on any atom is 0.232 e. The van der Waals surface area contributed by atoms with E-state index in [0.717, 1.165) is 45.0 Å². The van der Waals surface area contributed by atoms with Crippen LogP contribution in [0.2, 0.25) is 0 Å². The molecule has 7 rings (SSSR count). The fourth-order valence-corrected chi connectivity index (χ4v) is 9.27. The minimum Gasteiger partial charge on any atom is -0.353 e. The molecule has 7 heteroatoms. The molecule has 2 amide bonds. The topological polar surface area (TPSA) is 56.8 Å². The first-order valence-corrected chi connectivity index (χ1v) is 15.1. The average molecular weight is 507 g/mol. The zero-order chi connectivity index (χ0) is 24.2. The van der Waals surface area contributed by atoms with Gasteiger partial charge < -0.3 is 4.90 Å². The number of likely N-dealkylation sites (tertiary alicyclic amines) is 1. The number of hydrogen-bond acceptors (Lipinski definition) is 6. The summed E-state index contributed by atoms with van der Waals surface area (Å²) in [5, 5.41) is 1.27. The highest BCUT2D eigenvalue weighted by Crippen LogP contribution is 2.55. The van der Waals surface area contributed by atoms with Crippen molar-refractivity contribution in [1.82, 2.24) is 14.2 Å². The van der Waals surface area contributed by atoms with Gasteiger partial charge in [0.1, 0.15) is 5.82 Å². The van der Waals surface area contributed by atoms with Gasteiger partial charge >= 0.3 is 0 Å². The highest BCUT2D eigenvalue weighted by atomic mass is 32.1. The summed E-state index contributed by atoms with van der Waals surface area (Å²) in [5.41, 5.74) is 0. The van der Waals surface area contributed by atoms with Gasteiger partial charge in [0.15, 0.2) is 0 Å². The second-order valence-electron chi connectivity index (χ2n) is 12.2. The molecule has 5 fully saturated rings. The van der Waals surface area contributed by atoms with Crippen LogP contribution in [0.15, 0.2) is 24.3 Å². The fraction of sp³-hybridized carbons (Fsp3) is 0.690. The standard InChI is InChI=1S/C29H38N4O2S/c34-26-16-24-19-9-10-20(15-19)27(24)29(35)33(26)18-22-6-2-1-5-21(22)17-31-11-13-32(14-12-31)28-23-7-3-4-8-25(23)36-30-28/h3-4,7-8,19-22,24,27H,1-2,5-6,9-18H2. The van der Waals surface area contributed by atoms with E-state index in [1.54, 1.807) is 16.4 Å². The molecule has 3 aliphatic carbocycles. The van der Waals surface area contributed by atoms with Crippen molar-refractivity contribution >= 4 is 39.3 Å². The molecule has 6 unspecified atom stereocenters. The van der Waals surface area contributed by atoms with Crippen molar-refractivity contribution in [3.8, 4) is 0 Å². The van der Waals surface area contributed by atoms with Gasteiger partial charge in [-0.3, -0.25) is 19.4 Å². The molecule has 0 N–H and O–H groups in total. The molecule has 6 atom stereocenters. The number of piperidine rings is 1. The number of imide groups is 1.